The monoisotopic (exact) mass is 207 g/mol. The third-order valence-corrected chi connectivity index (χ3v) is 3.27. The maximum absolute atomic E-state index is 11.6. The van der Waals surface area contributed by atoms with Crippen LogP contribution in [-0.4, -0.2) is 4.57 Å². The average molecular weight is 207 g/mol. The standard InChI is InChI=1S/C11H13NOS/c1-2-3-8-12-9-6-4-5-7-10(9)14-11(12)13/h4-7H,2-3,8H2,1H3. The molecule has 0 aliphatic heterocycles. The van der Waals surface area contributed by atoms with E-state index in [4.69, 9.17) is 0 Å². The van der Waals surface area contributed by atoms with Gasteiger partial charge >= 0.3 is 4.87 Å². The summed E-state index contributed by atoms with van der Waals surface area (Å²) in [5.74, 6) is 0. The lowest BCUT2D eigenvalue weighted by Crippen LogP contribution is -2.12. The highest BCUT2D eigenvalue weighted by Crippen LogP contribution is 2.16. The largest absolute Gasteiger partial charge is 0.308 e. The first-order chi connectivity index (χ1) is 6.83. The Balaban J connectivity index is 2.51. The molecule has 0 saturated carbocycles. The highest BCUT2D eigenvalue weighted by atomic mass is 32.1. The van der Waals surface area contributed by atoms with Gasteiger partial charge in [0.2, 0.25) is 0 Å². The van der Waals surface area contributed by atoms with Crippen LogP contribution in [0.2, 0.25) is 0 Å². The van der Waals surface area contributed by atoms with Crippen LogP contribution in [0.3, 0.4) is 0 Å². The first-order valence-electron chi connectivity index (χ1n) is 4.91. The van der Waals surface area contributed by atoms with Crippen molar-refractivity contribution in [2.75, 3.05) is 0 Å². The van der Waals surface area contributed by atoms with E-state index in [0.717, 1.165) is 29.6 Å². The molecule has 0 amide bonds. The van der Waals surface area contributed by atoms with E-state index in [0.29, 0.717) is 0 Å². The summed E-state index contributed by atoms with van der Waals surface area (Å²) in [5, 5.41) is 0. The minimum atomic E-state index is 0.166. The van der Waals surface area contributed by atoms with Gasteiger partial charge in [0.05, 0.1) is 10.2 Å². The molecule has 2 nitrogen and oxygen atoms in total. The van der Waals surface area contributed by atoms with Crippen molar-refractivity contribution >= 4 is 21.6 Å². The van der Waals surface area contributed by atoms with Crippen molar-refractivity contribution in [3.05, 3.63) is 33.9 Å². The smallest absolute Gasteiger partial charge is 0.299 e. The number of benzene rings is 1. The van der Waals surface area contributed by atoms with Gasteiger partial charge in [-0.1, -0.05) is 36.8 Å². The van der Waals surface area contributed by atoms with Crippen molar-refractivity contribution < 1.29 is 0 Å². The molecule has 0 unspecified atom stereocenters. The first kappa shape index (κ1) is 9.46. The predicted octanol–water partition coefficient (Wildman–Crippen LogP) is 2.86. The molecule has 0 aliphatic carbocycles. The highest BCUT2D eigenvalue weighted by Gasteiger charge is 2.04. The number of nitrogens with zero attached hydrogens (tertiary/aromatic N) is 1. The van der Waals surface area contributed by atoms with Crippen LogP contribution in [0, 0.1) is 0 Å². The number of aromatic nitrogens is 1. The molecule has 1 aromatic carbocycles. The number of fused-ring (bicyclic) bond motifs is 1. The van der Waals surface area contributed by atoms with Crippen molar-refractivity contribution in [2.45, 2.75) is 26.3 Å². The summed E-state index contributed by atoms with van der Waals surface area (Å²) in [7, 11) is 0. The van der Waals surface area contributed by atoms with E-state index < -0.39 is 0 Å². The maximum atomic E-state index is 11.6. The zero-order valence-electron chi connectivity index (χ0n) is 8.19. The second-order valence-corrected chi connectivity index (χ2v) is 4.33. The van der Waals surface area contributed by atoms with Crippen molar-refractivity contribution in [1.82, 2.24) is 4.57 Å². The van der Waals surface area contributed by atoms with Crippen LogP contribution in [0.15, 0.2) is 29.1 Å². The fourth-order valence-corrected chi connectivity index (χ4v) is 2.46. The van der Waals surface area contributed by atoms with Crippen LogP contribution in [0.4, 0.5) is 0 Å². The van der Waals surface area contributed by atoms with E-state index in [-0.39, 0.29) is 4.87 Å². The molecular weight excluding hydrogens is 194 g/mol. The van der Waals surface area contributed by atoms with Gasteiger partial charge in [0, 0.05) is 6.54 Å². The number of thiazole rings is 1. The van der Waals surface area contributed by atoms with Gasteiger partial charge in [-0.15, -0.1) is 0 Å². The van der Waals surface area contributed by atoms with E-state index in [2.05, 4.69) is 6.92 Å². The van der Waals surface area contributed by atoms with Crippen LogP contribution in [0.1, 0.15) is 19.8 Å². The fourth-order valence-electron chi connectivity index (χ4n) is 1.54. The number of hydrogen-bond donors (Lipinski definition) is 0. The van der Waals surface area contributed by atoms with Gasteiger partial charge in [-0.05, 0) is 18.6 Å². The lowest BCUT2D eigenvalue weighted by molar-refractivity contribution is 0.640. The van der Waals surface area contributed by atoms with Crippen LogP contribution in [0.5, 0.6) is 0 Å². The number of para-hydroxylation sites is 1. The Labute approximate surface area is 86.8 Å². The topological polar surface area (TPSA) is 22.0 Å². The van der Waals surface area contributed by atoms with E-state index >= 15 is 0 Å². The molecule has 1 heterocycles. The minimum absolute atomic E-state index is 0.166. The molecule has 2 aromatic rings. The van der Waals surface area contributed by atoms with Crippen LogP contribution in [0.25, 0.3) is 10.2 Å². The molecule has 0 bridgehead atoms. The average Bonchev–Trinajstić information content (AvgIpc) is 2.51. The zero-order valence-corrected chi connectivity index (χ0v) is 9.01. The minimum Gasteiger partial charge on any atom is -0.299 e. The molecule has 0 radical (unpaired) electrons. The molecule has 14 heavy (non-hydrogen) atoms. The Morgan fingerprint density at radius 1 is 1.36 bits per heavy atom. The van der Waals surface area contributed by atoms with Gasteiger partial charge in [0.15, 0.2) is 0 Å². The Morgan fingerprint density at radius 2 is 2.14 bits per heavy atom. The lowest BCUT2D eigenvalue weighted by atomic mass is 10.3. The molecular formula is C11H13NOS. The molecule has 3 heteroatoms. The van der Waals surface area contributed by atoms with Crippen molar-refractivity contribution in [3.63, 3.8) is 0 Å². The molecule has 0 aliphatic rings. The van der Waals surface area contributed by atoms with E-state index in [9.17, 15) is 4.79 Å². The molecule has 0 N–H and O–H groups in total. The molecule has 0 spiro atoms. The summed E-state index contributed by atoms with van der Waals surface area (Å²) < 4.78 is 2.97. The van der Waals surface area contributed by atoms with Crippen LogP contribution >= 0.6 is 11.3 Å². The number of rotatable bonds is 3. The Kier molecular flexibility index (Phi) is 2.68. The second kappa shape index (κ2) is 3.96. The summed E-state index contributed by atoms with van der Waals surface area (Å²) in [6.45, 7) is 2.99. The van der Waals surface area contributed by atoms with E-state index in [1.807, 2.05) is 28.8 Å². The number of aryl methyl sites for hydroxylation is 1. The second-order valence-electron chi connectivity index (χ2n) is 3.34. The SMILES string of the molecule is CCCCn1c(=O)sc2ccccc21. The summed E-state index contributed by atoms with van der Waals surface area (Å²) in [5.41, 5.74) is 1.08. The van der Waals surface area contributed by atoms with E-state index in [1.54, 1.807) is 0 Å². The molecule has 0 fully saturated rings. The van der Waals surface area contributed by atoms with Crippen molar-refractivity contribution in [2.24, 2.45) is 0 Å². The van der Waals surface area contributed by atoms with Gasteiger partial charge in [-0.3, -0.25) is 9.36 Å². The maximum Gasteiger partial charge on any atom is 0.308 e. The van der Waals surface area contributed by atoms with E-state index in [1.165, 1.54) is 11.3 Å². The Morgan fingerprint density at radius 3 is 2.93 bits per heavy atom. The van der Waals surface area contributed by atoms with Crippen LogP contribution < -0.4 is 4.87 Å². The third-order valence-electron chi connectivity index (χ3n) is 2.31. The summed E-state index contributed by atoms with van der Waals surface area (Å²) in [4.78, 5) is 11.8. The zero-order chi connectivity index (χ0) is 9.97. The van der Waals surface area contributed by atoms with Crippen molar-refractivity contribution in [1.29, 1.82) is 0 Å². The molecule has 74 valence electrons. The van der Waals surface area contributed by atoms with Gasteiger partial charge in [0.25, 0.3) is 0 Å². The molecule has 0 atom stereocenters. The molecule has 0 saturated heterocycles. The third kappa shape index (κ3) is 1.60. The van der Waals surface area contributed by atoms with Gasteiger partial charge in [-0.25, -0.2) is 0 Å². The van der Waals surface area contributed by atoms with Gasteiger partial charge < -0.3 is 0 Å². The molecule has 1 aromatic heterocycles. The number of unbranched alkanes of at least 4 members (excludes halogenated alkanes) is 1. The van der Waals surface area contributed by atoms with Gasteiger partial charge in [-0.2, -0.15) is 0 Å². The normalized spacial score (nSPS) is 10.9. The van der Waals surface area contributed by atoms with Gasteiger partial charge in [0.1, 0.15) is 0 Å². The first-order valence-corrected chi connectivity index (χ1v) is 5.73. The number of hydrogen-bond acceptors (Lipinski definition) is 2. The fraction of sp³-hybridized carbons (Fsp3) is 0.364. The Hall–Kier alpha value is -1.09. The predicted molar refractivity (Wildman–Crippen MR) is 61.0 cm³/mol. The van der Waals surface area contributed by atoms with Crippen LogP contribution in [-0.2, 0) is 6.54 Å². The highest BCUT2D eigenvalue weighted by molar-refractivity contribution is 7.16. The summed E-state index contributed by atoms with van der Waals surface area (Å²) in [6.07, 6.45) is 2.19. The van der Waals surface area contributed by atoms with Crippen molar-refractivity contribution in [3.8, 4) is 0 Å². The molecule has 2 rings (SSSR count). The summed E-state index contributed by atoms with van der Waals surface area (Å²) >= 11 is 1.34. The summed E-state index contributed by atoms with van der Waals surface area (Å²) in [6, 6.07) is 7.98. The quantitative estimate of drug-likeness (QED) is 0.758. The Bertz CT molecular complexity index is 483. The lowest BCUT2D eigenvalue weighted by Gasteiger charge is -2.00.